The molecule has 130 valence electrons. The van der Waals surface area contributed by atoms with Crippen LogP contribution >= 0.6 is 0 Å². The fourth-order valence-electron chi connectivity index (χ4n) is 2.69. The third-order valence-corrected chi connectivity index (χ3v) is 3.98. The number of methoxy groups -OCH3 is 1. The van der Waals surface area contributed by atoms with E-state index in [4.69, 9.17) is 10.00 Å². The summed E-state index contributed by atoms with van der Waals surface area (Å²) in [5, 5.41) is 16.5. The number of hydrogen-bond donors (Lipinski definition) is 1. The molecule has 0 amide bonds. The third-order valence-electron chi connectivity index (χ3n) is 3.98. The lowest BCUT2D eigenvalue weighted by atomic mass is 10.0. The number of nitriles is 1. The predicted octanol–water partition coefficient (Wildman–Crippen LogP) is 2.75. The van der Waals surface area contributed by atoms with Crippen molar-refractivity contribution in [3.8, 4) is 11.8 Å². The summed E-state index contributed by atoms with van der Waals surface area (Å²) in [7, 11) is 1.35. The number of ether oxygens (including phenoxy) is 1. The van der Waals surface area contributed by atoms with E-state index >= 15 is 0 Å². The second-order valence-electron chi connectivity index (χ2n) is 5.69. The minimum absolute atomic E-state index is 0.400. The fraction of sp³-hybridized carbons (Fsp3) is 0.150. The standard InChI is InChI=1S/C20H18N4O2/c1-26-20(25)19(17-7-2-5-15(11-17)13-21)22-14-16-6-3-8-18(12-16)24-10-4-9-23-24/h2-12,19,22H,14H2,1H3/t19-/m1/s1. The Bertz CT molecular complexity index is 929. The average Bonchev–Trinajstić information content (AvgIpc) is 3.23. The maximum absolute atomic E-state index is 12.2. The van der Waals surface area contributed by atoms with E-state index in [0.29, 0.717) is 17.7 Å². The Kier molecular flexibility index (Phi) is 5.42. The molecule has 1 heterocycles. The van der Waals surface area contributed by atoms with Crippen LogP contribution in [0.25, 0.3) is 5.69 Å². The molecule has 0 spiro atoms. The summed E-state index contributed by atoms with van der Waals surface area (Å²) in [6.45, 7) is 0.464. The zero-order chi connectivity index (χ0) is 18.4. The van der Waals surface area contributed by atoms with Crippen molar-refractivity contribution >= 4 is 5.97 Å². The third kappa shape index (κ3) is 3.97. The molecule has 0 unspecified atom stereocenters. The Morgan fingerprint density at radius 1 is 1.27 bits per heavy atom. The van der Waals surface area contributed by atoms with Gasteiger partial charge in [-0.1, -0.05) is 24.3 Å². The van der Waals surface area contributed by atoms with Crippen LogP contribution in [-0.2, 0) is 16.1 Å². The zero-order valence-corrected chi connectivity index (χ0v) is 14.3. The Morgan fingerprint density at radius 2 is 2.12 bits per heavy atom. The first-order valence-corrected chi connectivity index (χ1v) is 8.11. The number of aromatic nitrogens is 2. The van der Waals surface area contributed by atoms with Gasteiger partial charge in [-0.25, -0.2) is 9.48 Å². The number of rotatable bonds is 6. The lowest BCUT2D eigenvalue weighted by Crippen LogP contribution is -2.29. The van der Waals surface area contributed by atoms with Crippen LogP contribution in [0.3, 0.4) is 0 Å². The second-order valence-corrected chi connectivity index (χ2v) is 5.69. The van der Waals surface area contributed by atoms with Gasteiger partial charge in [-0.05, 0) is 41.5 Å². The first kappa shape index (κ1) is 17.4. The molecule has 3 rings (SSSR count). The maximum Gasteiger partial charge on any atom is 0.327 e. The average molecular weight is 346 g/mol. The van der Waals surface area contributed by atoms with Gasteiger partial charge in [-0.15, -0.1) is 0 Å². The number of esters is 1. The SMILES string of the molecule is COC(=O)[C@H](NCc1cccc(-n2cccn2)c1)c1cccc(C#N)c1. The quantitative estimate of drug-likeness (QED) is 0.694. The van der Waals surface area contributed by atoms with Crippen LogP contribution in [-0.4, -0.2) is 22.9 Å². The van der Waals surface area contributed by atoms with Crippen molar-refractivity contribution in [2.24, 2.45) is 0 Å². The van der Waals surface area contributed by atoms with Crippen LogP contribution in [0.5, 0.6) is 0 Å². The Labute approximate surface area is 151 Å². The lowest BCUT2D eigenvalue weighted by Gasteiger charge is -2.17. The van der Waals surface area contributed by atoms with Crippen LogP contribution in [0.1, 0.15) is 22.7 Å². The van der Waals surface area contributed by atoms with Crippen molar-refractivity contribution in [3.05, 3.63) is 83.7 Å². The Hall–Kier alpha value is -3.43. The number of hydrogen-bond acceptors (Lipinski definition) is 5. The molecule has 1 aromatic heterocycles. The van der Waals surface area contributed by atoms with E-state index in [1.165, 1.54) is 7.11 Å². The minimum atomic E-state index is -0.651. The van der Waals surface area contributed by atoms with Crippen LogP contribution in [0.2, 0.25) is 0 Å². The lowest BCUT2D eigenvalue weighted by molar-refractivity contribution is -0.143. The number of nitrogens with one attached hydrogen (secondary N) is 1. The molecule has 1 atom stereocenters. The molecule has 0 saturated carbocycles. The van der Waals surface area contributed by atoms with E-state index in [0.717, 1.165) is 11.3 Å². The highest BCUT2D eigenvalue weighted by Gasteiger charge is 2.21. The largest absolute Gasteiger partial charge is 0.468 e. The van der Waals surface area contributed by atoms with Crippen molar-refractivity contribution in [2.75, 3.05) is 7.11 Å². The van der Waals surface area contributed by atoms with Gasteiger partial charge in [0, 0.05) is 18.9 Å². The highest BCUT2D eigenvalue weighted by molar-refractivity contribution is 5.77. The van der Waals surface area contributed by atoms with Gasteiger partial charge in [-0.3, -0.25) is 5.32 Å². The summed E-state index contributed by atoms with van der Waals surface area (Å²) >= 11 is 0. The Morgan fingerprint density at radius 3 is 2.85 bits per heavy atom. The van der Waals surface area contributed by atoms with E-state index in [9.17, 15) is 4.79 Å². The topological polar surface area (TPSA) is 79.9 Å². The molecule has 1 N–H and O–H groups in total. The first-order chi connectivity index (χ1) is 12.7. The van der Waals surface area contributed by atoms with Crippen LogP contribution in [0.15, 0.2) is 67.0 Å². The van der Waals surface area contributed by atoms with Gasteiger partial charge in [-0.2, -0.15) is 10.4 Å². The molecule has 6 nitrogen and oxygen atoms in total. The molecule has 0 fully saturated rings. The summed E-state index contributed by atoms with van der Waals surface area (Å²) in [5.74, 6) is -0.400. The summed E-state index contributed by atoms with van der Waals surface area (Å²) in [6.07, 6.45) is 3.59. The van der Waals surface area contributed by atoms with E-state index in [2.05, 4.69) is 16.5 Å². The van der Waals surface area contributed by atoms with Gasteiger partial charge >= 0.3 is 5.97 Å². The Balaban J connectivity index is 1.79. The van der Waals surface area contributed by atoms with E-state index in [-0.39, 0.29) is 0 Å². The molecular formula is C20H18N4O2. The smallest absolute Gasteiger partial charge is 0.327 e. The maximum atomic E-state index is 12.2. The van der Waals surface area contributed by atoms with Crippen LogP contribution in [0, 0.1) is 11.3 Å². The molecule has 3 aromatic rings. The molecule has 6 heteroatoms. The number of benzene rings is 2. The minimum Gasteiger partial charge on any atom is -0.468 e. The molecule has 0 bridgehead atoms. The predicted molar refractivity (Wildman–Crippen MR) is 96.3 cm³/mol. The molecule has 0 aliphatic carbocycles. The van der Waals surface area contributed by atoms with E-state index < -0.39 is 12.0 Å². The molecule has 26 heavy (non-hydrogen) atoms. The summed E-state index contributed by atoms with van der Waals surface area (Å²) in [6, 6.07) is 18.1. The number of carbonyl (C=O) groups is 1. The molecular weight excluding hydrogens is 328 g/mol. The fourth-order valence-corrected chi connectivity index (χ4v) is 2.69. The van der Waals surface area contributed by atoms with Crippen LogP contribution in [0.4, 0.5) is 0 Å². The van der Waals surface area contributed by atoms with Gasteiger partial charge in [0.2, 0.25) is 0 Å². The van der Waals surface area contributed by atoms with Crippen molar-refractivity contribution in [1.29, 1.82) is 5.26 Å². The van der Waals surface area contributed by atoms with Crippen molar-refractivity contribution < 1.29 is 9.53 Å². The van der Waals surface area contributed by atoms with Crippen molar-refractivity contribution in [3.63, 3.8) is 0 Å². The van der Waals surface area contributed by atoms with Gasteiger partial charge in [0.1, 0.15) is 6.04 Å². The molecule has 0 aliphatic heterocycles. The molecule has 2 aromatic carbocycles. The normalized spacial score (nSPS) is 11.5. The molecule has 0 aliphatic rings. The second kappa shape index (κ2) is 8.10. The highest BCUT2D eigenvalue weighted by Crippen LogP contribution is 2.18. The van der Waals surface area contributed by atoms with Crippen molar-refractivity contribution in [2.45, 2.75) is 12.6 Å². The van der Waals surface area contributed by atoms with Gasteiger partial charge in [0.05, 0.1) is 24.4 Å². The van der Waals surface area contributed by atoms with Gasteiger partial charge in [0.15, 0.2) is 0 Å². The zero-order valence-electron chi connectivity index (χ0n) is 14.3. The van der Waals surface area contributed by atoms with Crippen molar-refractivity contribution in [1.82, 2.24) is 15.1 Å². The van der Waals surface area contributed by atoms with Gasteiger partial charge < -0.3 is 4.74 Å². The number of carbonyl (C=O) groups excluding carboxylic acids is 1. The summed E-state index contributed by atoms with van der Waals surface area (Å²) in [4.78, 5) is 12.2. The summed E-state index contributed by atoms with van der Waals surface area (Å²) < 4.78 is 6.69. The van der Waals surface area contributed by atoms with E-state index in [1.807, 2.05) is 36.5 Å². The molecule has 0 radical (unpaired) electrons. The molecule has 0 saturated heterocycles. The summed E-state index contributed by atoms with van der Waals surface area (Å²) in [5.41, 5.74) is 3.14. The first-order valence-electron chi connectivity index (χ1n) is 8.11. The van der Waals surface area contributed by atoms with Crippen LogP contribution < -0.4 is 5.32 Å². The highest BCUT2D eigenvalue weighted by atomic mass is 16.5. The monoisotopic (exact) mass is 346 g/mol. The van der Waals surface area contributed by atoms with E-state index in [1.54, 1.807) is 35.1 Å². The van der Waals surface area contributed by atoms with Gasteiger partial charge in [0.25, 0.3) is 0 Å². The number of nitrogens with zero attached hydrogens (tertiary/aromatic N) is 3.